The third kappa shape index (κ3) is 2.64. The van der Waals surface area contributed by atoms with E-state index >= 15 is 0 Å². The van der Waals surface area contributed by atoms with E-state index in [1.807, 2.05) is 0 Å². The molecule has 3 N–H and O–H groups in total. The molecule has 1 aliphatic carbocycles. The molecule has 1 heterocycles. The molecule has 1 saturated carbocycles. The third-order valence-corrected chi connectivity index (χ3v) is 3.86. The second-order valence-electron chi connectivity index (χ2n) is 4.95. The second kappa shape index (κ2) is 5.47. The smallest absolute Gasteiger partial charge is 0.340 e. The highest BCUT2D eigenvalue weighted by Crippen LogP contribution is 2.38. The minimum Gasteiger partial charge on any atom is -0.462 e. The fraction of sp³-hybridized carbons (Fsp3) is 0.571. The molecule has 0 spiro atoms. The van der Waals surface area contributed by atoms with E-state index in [1.165, 1.54) is 6.42 Å². The largest absolute Gasteiger partial charge is 0.462 e. The fourth-order valence-electron chi connectivity index (χ4n) is 2.38. The Hall–Kier alpha value is -1.78. The van der Waals surface area contributed by atoms with E-state index in [9.17, 15) is 4.79 Å². The van der Waals surface area contributed by atoms with Crippen molar-refractivity contribution >= 4 is 17.5 Å². The molecular weight excluding hydrogens is 242 g/mol. The molecule has 0 saturated heterocycles. The van der Waals surface area contributed by atoms with Crippen molar-refractivity contribution in [2.45, 2.75) is 45.1 Å². The first-order valence-corrected chi connectivity index (χ1v) is 6.81. The molecule has 5 nitrogen and oxygen atoms in total. The number of hydrogen-bond donors (Lipinski definition) is 2. The predicted octanol–water partition coefficient (Wildman–Crippen LogP) is 2.59. The number of rotatable bonds is 5. The maximum Gasteiger partial charge on any atom is 0.340 e. The van der Waals surface area contributed by atoms with Crippen LogP contribution in [-0.4, -0.2) is 23.1 Å². The molecule has 0 aromatic carbocycles. The highest BCUT2D eigenvalue weighted by Gasteiger charge is 2.35. The van der Waals surface area contributed by atoms with Gasteiger partial charge in [-0.2, -0.15) is 0 Å². The molecule has 5 heteroatoms. The van der Waals surface area contributed by atoms with Gasteiger partial charge in [-0.15, -0.1) is 0 Å². The molecule has 2 rings (SSSR count). The van der Waals surface area contributed by atoms with Crippen molar-refractivity contribution in [3.8, 4) is 0 Å². The van der Waals surface area contributed by atoms with Crippen LogP contribution >= 0.6 is 0 Å². The summed E-state index contributed by atoms with van der Waals surface area (Å²) >= 11 is 0. The van der Waals surface area contributed by atoms with Gasteiger partial charge in [0.15, 0.2) is 0 Å². The van der Waals surface area contributed by atoms with Crippen molar-refractivity contribution in [2.75, 3.05) is 17.7 Å². The van der Waals surface area contributed by atoms with Gasteiger partial charge in [-0.25, -0.2) is 9.78 Å². The average Bonchev–Trinajstić information content (AvgIpc) is 2.36. The lowest BCUT2D eigenvalue weighted by Crippen LogP contribution is -2.44. The van der Waals surface area contributed by atoms with E-state index < -0.39 is 5.97 Å². The maximum atomic E-state index is 11.8. The molecule has 104 valence electrons. The Balaban J connectivity index is 2.22. The molecule has 0 aliphatic heterocycles. The zero-order valence-corrected chi connectivity index (χ0v) is 11.5. The fourth-order valence-corrected chi connectivity index (χ4v) is 2.38. The van der Waals surface area contributed by atoms with E-state index in [0.717, 1.165) is 19.3 Å². The number of nitrogens with two attached hydrogens (primary N) is 1. The highest BCUT2D eigenvalue weighted by atomic mass is 16.5. The summed E-state index contributed by atoms with van der Waals surface area (Å²) in [5, 5.41) is 3.40. The van der Waals surface area contributed by atoms with E-state index in [4.69, 9.17) is 10.5 Å². The third-order valence-electron chi connectivity index (χ3n) is 3.86. The monoisotopic (exact) mass is 263 g/mol. The van der Waals surface area contributed by atoms with Crippen molar-refractivity contribution < 1.29 is 9.53 Å². The molecule has 1 aliphatic rings. The van der Waals surface area contributed by atoms with Crippen LogP contribution in [0.25, 0.3) is 0 Å². The van der Waals surface area contributed by atoms with Crippen LogP contribution in [0.2, 0.25) is 0 Å². The summed E-state index contributed by atoms with van der Waals surface area (Å²) < 4.78 is 4.99. The summed E-state index contributed by atoms with van der Waals surface area (Å²) in [6.45, 7) is 4.26. The van der Waals surface area contributed by atoms with Gasteiger partial charge in [0.2, 0.25) is 0 Å². The lowest BCUT2D eigenvalue weighted by atomic mass is 9.75. The van der Waals surface area contributed by atoms with E-state index in [0.29, 0.717) is 23.7 Å². The first-order valence-electron chi connectivity index (χ1n) is 6.81. The number of nitrogen functional groups attached to an aromatic ring is 1. The highest BCUT2D eigenvalue weighted by molar-refractivity contribution is 5.97. The number of nitrogens with zero attached hydrogens (tertiary/aromatic N) is 1. The summed E-state index contributed by atoms with van der Waals surface area (Å²) in [5.74, 6) is 0.191. The van der Waals surface area contributed by atoms with Crippen LogP contribution < -0.4 is 11.1 Å². The number of carbonyl (C=O) groups excluding carboxylic acids is 1. The molecule has 0 radical (unpaired) electrons. The number of carbonyl (C=O) groups is 1. The first-order chi connectivity index (χ1) is 9.12. The topological polar surface area (TPSA) is 77.2 Å². The average molecular weight is 263 g/mol. The minimum atomic E-state index is -0.399. The normalized spacial score (nSPS) is 16.5. The summed E-state index contributed by atoms with van der Waals surface area (Å²) in [4.78, 5) is 16.0. The SMILES string of the molecule is CCOC(=O)c1ccnc(NC2(CC)CCC2)c1N. The number of hydrogen-bond acceptors (Lipinski definition) is 5. The van der Waals surface area contributed by atoms with Gasteiger partial charge in [-0.1, -0.05) is 6.92 Å². The molecule has 19 heavy (non-hydrogen) atoms. The van der Waals surface area contributed by atoms with Crippen molar-refractivity contribution in [1.29, 1.82) is 0 Å². The van der Waals surface area contributed by atoms with Crippen molar-refractivity contribution in [2.24, 2.45) is 0 Å². The zero-order valence-electron chi connectivity index (χ0n) is 11.5. The lowest BCUT2D eigenvalue weighted by Gasteiger charge is -2.42. The zero-order chi connectivity index (χ0) is 13.9. The molecule has 0 amide bonds. The molecule has 1 aromatic heterocycles. The van der Waals surface area contributed by atoms with Crippen LogP contribution in [0, 0.1) is 0 Å². The molecule has 0 atom stereocenters. The Morgan fingerprint density at radius 3 is 2.79 bits per heavy atom. The van der Waals surface area contributed by atoms with Gasteiger partial charge in [0, 0.05) is 11.7 Å². The quantitative estimate of drug-likeness (QED) is 0.798. The first kappa shape index (κ1) is 13.6. The van der Waals surface area contributed by atoms with Gasteiger partial charge in [-0.3, -0.25) is 0 Å². The number of nitrogens with one attached hydrogen (secondary N) is 1. The Morgan fingerprint density at radius 1 is 1.53 bits per heavy atom. The Kier molecular flexibility index (Phi) is 3.93. The van der Waals surface area contributed by atoms with Gasteiger partial charge >= 0.3 is 5.97 Å². The molecular formula is C14H21N3O2. The molecule has 0 bridgehead atoms. The van der Waals surface area contributed by atoms with E-state index in [2.05, 4.69) is 17.2 Å². The minimum absolute atomic E-state index is 0.0917. The van der Waals surface area contributed by atoms with Gasteiger partial charge < -0.3 is 15.8 Å². The molecule has 0 unspecified atom stereocenters. The predicted molar refractivity (Wildman–Crippen MR) is 75.1 cm³/mol. The summed E-state index contributed by atoms with van der Waals surface area (Å²) in [5.41, 5.74) is 6.88. The van der Waals surface area contributed by atoms with E-state index in [-0.39, 0.29) is 5.54 Å². The summed E-state index contributed by atoms with van der Waals surface area (Å²) in [7, 11) is 0. The number of pyridine rings is 1. The van der Waals surface area contributed by atoms with Crippen LogP contribution in [-0.2, 0) is 4.74 Å². The number of aromatic nitrogens is 1. The Bertz CT molecular complexity index is 464. The van der Waals surface area contributed by atoms with Crippen molar-refractivity contribution in [3.05, 3.63) is 17.8 Å². The van der Waals surface area contributed by atoms with Crippen LogP contribution in [0.5, 0.6) is 0 Å². The Morgan fingerprint density at radius 2 is 2.26 bits per heavy atom. The maximum absolute atomic E-state index is 11.8. The molecule has 1 fully saturated rings. The van der Waals surface area contributed by atoms with Crippen LogP contribution in [0.3, 0.4) is 0 Å². The van der Waals surface area contributed by atoms with Gasteiger partial charge in [0.1, 0.15) is 5.82 Å². The van der Waals surface area contributed by atoms with Crippen LogP contribution in [0.1, 0.15) is 49.9 Å². The van der Waals surface area contributed by atoms with Gasteiger partial charge in [0.25, 0.3) is 0 Å². The van der Waals surface area contributed by atoms with Gasteiger partial charge in [0.05, 0.1) is 17.9 Å². The second-order valence-corrected chi connectivity index (χ2v) is 4.95. The number of ether oxygens (including phenoxy) is 1. The van der Waals surface area contributed by atoms with Gasteiger partial charge in [-0.05, 0) is 38.7 Å². The summed E-state index contributed by atoms with van der Waals surface area (Å²) in [6, 6.07) is 1.60. The lowest BCUT2D eigenvalue weighted by molar-refractivity contribution is 0.0527. The summed E-state index contributed by atoms with van der Waals surface area (Å²) in [6.07, 6.45) is 6.07. The van der Waals surface area contributed by atoms with Crippen molar-refractivity contribution in [3.63, 3.8) is 0 Å². The van der Waals surface area contributed by atoms with Crippen molar-refractivity contribution in [1.82, 2.24) is 4.98 Å². The molecule has 1 aromatic rings. The standard InChI is InChI=1S/C14H21N3O2/c1-3-14(7-5-8-14)17-12-11(15)10(6-9-16-12)13(18)19-4-2/h6,9H,3-5,7-8,15H2,1-2H3,(H,16,17). The number of anilines is 2. The Labute approximate surface area is 113 Å². The van der Waals surface area contributed by atoms with Crippen LogP contribution in [0.4, 0.5) is 11.5 Å². The van der Waals surface area contributed by atoms with Crippen LogP contribution in [0.15, 0.2) is 12.3 Å². The number of esters is 1. The van der Waals surface area contributed by atoms with E-state index in [1.54, 1.807) is 19.2 Å².